The van der Waals surface area contributed by atoms with E-state index in [2.05, 4.69) is 10.1 Å². The summed E-state index contributed by atoms with van der Waals surface area (Å²) in [5, 5.41) is 2.93. The fraction of sp³-hybridized carbons (Fsp3) is 0.231. The molecule has 0 heterocycles. The van der Waals surface area contributed by atoms with Crippen LogP contribution in [-0.4, -0.2) is 34.1 Å². The Morgan fingerprint density at radius 1 is 1.24 bits per heavy atom. The molecule has 0 aromatic heterocycles. The van der Waals surface area contributed by atoms with Crippen molar-refractivity contribution in [1.82, 2.24) is 10.0 Å². The highest BCUT2D eigenvalue weighted by Crippen LogP contribution is 2.05. The number of ether oxygens (including phenoxy) is 1. The Morgan fingerprint density at radius 2 is 1.86 bits per heavy atom. The molecule has 2 N–H and O–H groups in total. The molecule has 1 rings (SSSR count). The lowest BCUT2D eigenvalue weighted by Gasteiger charge is -2.05. The van der Waals surface area contributed by atoms with Crippen LogP contribution < -0.4 is 10.0 Å². The van der Waals surface area contributed by atoms with Gasteiger partial charge in [0.1, 0.15) is 6.54 Å². The van der Waals surface area contributed by atoms with Gasteiger partial charge in [-0.15, -0.1) is 0 Å². The third kappa shape index (κ3) is 6.57. The summed E-state index contributed by atoms with van der Waals surface area (Å²) < 4.78 is 29.3. The van der Waals surface area contributed by atoms with Crippen LogP contribution >= 0.6 is 0 Å². The first-order valence-corrected chi connectivity index (χ1v) is 7.49. The van der Waals surface area contributed by atoms with Gasteiger partial charge in [0, 0.05) is 0 Å². The molecule has 0 unspecified atom stereocenters. The summed E-state index contributed by atoms with van der Waals surface area (Å²) in [6.07, 6.45) is 1.36. The average Bonchev–Trinajstić information content (AvgIpc) is 2.43. The molecule has 2 amide bonds. The molecule has 1 aromatic carbocycles. The third-order valence-electron chi connectivity index (χ3n) is 2.37. The Hall–Kier alpha value is -2.35. The Morgan fingerprint density at radius 3 is 2.43 bits per heavy atom. The highest BCUT2D eigenvalue weighted by Gasteiger charge is 2.11. The lowest BCUT2D eigenvalue weighted by Crippen LogP contribution is -2.41. The molecule has 0 aliphatic heterocycles. The van der Waals surface area contributed by atoms with Gasteiger partial charge in [0.15, 0.2) is 0 Å². The topological polar surface area (TPSA) is 102 Å². The average molecular weight is 312 g/mol. The van der Waals surface area contributed by atoms with E-state index in [1.165, 1.54) is 6.08 Å². The number of carbonyl (C=O) groups excluding carboxylic acids is 2. The molecule has 0 bridgehead atoms. The predicted octanol–water partition coefficient (Wildman–Crippen LogP) is 0.768. The quantitative estimate of drug-likeness (QED) is 0.782. The number of aryl methyl sites for hydroxylation is 1. The zero-order chi connectivity index (χ0) is 15.9. The van der Waals surface area contributed by atoms with E-state index in [9.17, 15) is 18.0 Å². The first-order valence-electron chi connectivity index (χ1n) is 5.94. The van der Waals surface area contributed by atoms with Crippen LogP contribution in [0.15, 0.2) is 29.7 Å². The first kappa shape index (κ1) is 16.7. The number of methoxy groups -OCH3 is 1. The second-order valence-electron chi connectivity index (χ2n) is 4.12. The third-order valence-corrected chi connectivity index (χ3v) is 3.34. The van der Waals surface area contributed by atoms with Crippen LogP contribution in [0.2, 0.25) is 0 Å². The van der Waals surface area contributed by atoms with Gasteiger partial charge in [0.05, 0.1) is 12.5 Å². The number of carbonyl (C=O) groups is 2. The summed E-state index contributed by atoms with van der Waals surface area (Å²) in [7, 11) is -2.78. The van der Waals surface area contributed by atoms with Crippen LogP contribution in [0, 0.1) is 6.92 Å². The SMILES string of the molecule is COC(=O)CNC(=O)NS(=O)(=O)C=Cc1ccc(C)cc1. The Labute approximate surface area is 123 Å². The molecule has 0 saturated carbocycles. The van der Waals surface area contributed by atoms with E-state index in [1.807, 2.05) is 19.1 Å². The van der Waals surface area contributed by atoms with Crippen LogP contribution in [0.25, 0.3) is 6.08 Å². The van der Waals surface area contributed by atoms with E-state index in [1.54, 1.807) is 16.9 Å². The standard InChI is InChI=1S/C13H16N2O5S/c1-10-3-5-11(6-4-10)7-8-21(18,19)15-13(17)14-9-12(16)20-2/h3-8H,9H2,1-2H3,(H2,14,15,17). The van der Waals surface area contributed by atoms with Gasteiger partial charge in [-0.3, -0.25) is 4.79 Å². The Balaban J connectivity index is 2.59. The molecule has 0 spiro atoms. The molecule has 0 saturated heterocycles. The summed E-state index contributed by atoms with van der Waals surface area (Å²) >= 11 is 0. The largest absolute Gasteiger partial charge is 0.468 e. The molecule has 0 radical (unpaired) electrons. The number of urea groups is 1. The van der Waals surface area contributed by atoms with E-state index in [4.69, 9.17) is 0 Å². The van der Waals surface area contributed by atoms with Crippen molar-refractivity contribution in [3.63, 3.8) is 0 Å². The van der Waals surface area contributed by atoms with Crippen molar-refractivity contribution in [3.8, 4) is 0 Å². The zero-order valence-electron chi connectivity index (χ0n) is 11.6. The number of hydrogen-bond acceptors (Lipinski definition) is 5. The molecular weight excluding hydrogens is 296 g/mol. The molecule has 114 valence electrons. The molecule has 8 heteroatoms. The Bertz CT molecular complexity index is 635. The maximum atomic E-state index is 11.6. The molecule has 21 heavy (non-hydrogen) atoms. The van der Waals surface area contributed by atoms with Crippen LogP contribution in [0.1, 0.15) is 11.1 Å². The summed E-state index contributed by atoms with van der Waals surface area (Å²) in [4.78, 5) is 22.1. The van der Waals surface area contributed by atoms with Gasteiger partial charge >= 0.3 is 12.0 Å². The molecule has 0 aliphatic rings. The van der Waals surface area contributed by atoms with Crippen LogP contribution in [-0.2, 0) is 19.6 Å². The monoisotopic (exact) mass is 312 g/mol. The second-order valence-corrected chi connectivity index (χ2v) is 5.69. The normalized spacial score (nSPS) is 11.1. The molecular formula is C13H16N2O5S. The minimum absolute atomic E-state index is 0.417. The lowest BCUT2D eigenvalue weighted by molar-refractivity contribution is -0.139. The highest BCUT2D eigenvalue weighted by molar-refractivity contribution is 7.93. The van der Waals surface area contributed by atoms with E-state index in [0.29, 0.717) is 5.56 Å². The van der Waals surface area contributed by atoms with Gasteiger partial charge in [0.25, 0.3) is 10.0 Å². The summed E-state index contributed by atoms with van der Waals surface area (Å²) in [5.74, 6) is -0.683. The van der Waals surface area contributed by atoms with Crippen molar-refractivity contribution >= 4 is 28.1 Å². The summed E-state index contributed by atoms with van der Waals surface area (Å²) in [6, 6.07) is 6.16. The fourth-order valence-electron chi connectivity index (χ4n) is 1.27. The van der Waals surface area contributed by atoms with Crippen LogP contribution in [0.3, 0.4) is 0 Å². The second kappa shape index (κ2) is 7.44. The lowest BCUT2D eigenvalue weighted by atomic mass is 10.2. The number of sulfonamides is 1. The predicted molar refractivity (Wildman–Crippen MR) is 77.7 cm³/mol. The van der Waals surface area contributed by atoms with Gasteiger partial charge in [-0.2, -0.15) is 0 Å². The summed E-state index contributed by atoms with van der Waals surface area (Å²) in [6.45, 7) is 1.50. The Kier molecular flexibility index (Phi) is 5.92. The van der Waals surface area contributed by atoms with Gasteiger partial charge in [-0.1, -0.05) is 29.8 Å². The summed E-state index contributed by atoms with van der Waals surface area (Å²) in [5.41, 5.74) is 1.73. The highest BCUT2D eigenvalue weighted by atomic mass is 32.2. The van der Waals surface area contributed by atoms with E-state index < -0.39 is 28.6 Å². The molecule has 0 aliphatic carbocycles. The zero-order valence-corrected chi connectivity index (χ0v) is 12.4. The minimum Gasteiger partial charge on any atom is -0.468 e. The number of rotatable bonds is 5. The van der Waals surface area contributed by atoms with Crippen molar-refractivity contribution in [3.05, 3.63) is 40.8 Å². The van der Waals surface area contributed by atoms with E-state index in [-0.39, 0.29) is 0 Å². The van der Waals surface area contributed by atoms with E-state index >= 15 is 0 Å². The van der Waals surface area contributed by atoms with E-state index in [0.717, 1.165) is 18.1 Å². The number of amides is 2. The maximum absolute atomic E-state index is 11.6. The minimum atomic E-state index is -3.94. The number of hydrogen-bond donors (Lipinski definition) is 2. The molecule has 7 nitrogen and oxygen atoms in total. The van der Waals surface area contributed by atoms with Crippen molar-refractivity contribution < 1.29 is 22.7 Å². The molecule has 1 aromatic rings. The smallest absolute Gasteiger partial charge is 0.329 e. The van der Waals surface area contributed by atoms with Crippen molar-refractivity contribution in [2.24, 2.45) is 0 Å². The van der Waals surface area contributed by atoms with Gasteiger partial charge < -0.3 is 10.1 Å². The first-order chi connectivity index (χ1) is 9.82. The van der Waals surface area contributed by atoms with Gasteiger partial charge in [0.2, 0.25) is 0 Å². The van der Waals surface area contributed by atoms with Crippen molar-refractivity contribution in [2.45, 2.75) is 6.92 Å². The molecule has 0 fully saturated rings. The van der Waals surface area contributed by atoms with Crippen LogP contribution in [0.4, 0.5) is 4.79 Å². The number of benzene rings is 1. The number of esters is 1. The van der Waals surface area contributed by atoms with Gasteiger partial charge in [-0.25, -0.2) is 17.9 Å². The maximum Gasteiger partial charge on any atom is 0.329 e. The molecule has 0 atom stereocenters. The number of nitrogens with one attached hydrogen (secondary N) is 2. The fourth-order valence-corrected chi connectivity index (χ4v) is 2.00. The van der Waals surface area contributed by atoms with Crippen LogP contribution in [0.5, 0.6) is 0 Å². The van der Waals surface area contributed by atoms with Crippen molar-refractivity contribution in [2.75, 3.05) is 13.7 Å². The van der Waals surface area contributed by atoms with Gasteiger partial charge in [-0.05, 0) is 18.6 Å². The van der Waals surface area contributed by atoms with Crippen molar-refractivity contribution in [1.29, 1.82) is 0 Å².